The number of anilines is 1. The van der Waals surface area contributed by atoms with Gasteiger partial charge in [-0.1, -0.05) is 6.07 Å². The van der Waals surface area contributed by atoms with Gasteiger partial charge in [0.1, 0.15) is 18.2 Å². The summed E-state index contributed by atoms with van der Waals surface area (Å²) in [7, 11) is 0. The largest absolute Gasteiger partial charge is 0.396 e. The molecule has 3 amide bonds. The van der Waals surface area contributed by atoms with Crippen LogP contribution in [-0.4, -0.2) is 50.9 Å². The molecule has 1 aliphatic rings. The molecule has 2 aromatic carbocycles. The van der Waals surface area contributed by atoms with Crippen LogP contribution in [0, 0.1) is 21.7 Å². The lowest BCUT2D eigenvalue weighted by atomic mass is 10.2. The van der Waals surface area contributed by atoms with E-state index in [-0.39, 0.29) is 28.6 Å². The van der Waals surface area contributed by atoms with Gasteiger partial charge < -0.3 is 10.4 Å². The third-order valence-electron chi connectivity index (χ3n) is 4.21. The zero-order valence-electron chi connectivity index (χ0n) is 16.6. The van der Waals surface area contributed by atoms with Crippen molar-refractivity contribution in [2.24, 2.45) is 0 Å². The minimum atomic E-state index is -1.01. The number of aliphatic hydroxyl groups is 1. The summed E-state index contributed by atoms with van der Waals surface area (Å²) in [4.78, 5) is 48.7. The maximum Gasteiger partial charge on any atom is 0.294 e. The maximum atomic E-state index is 13.7. The lowest BCUT2D eigenvalue weighted by Gasteiger charge is -2.12. The Labute approximate surface area is 194 Å². The highest BCUT2D eigenvalue weighted by Gasteiger charge is 2.36. The highest BCUT2D eigenvalue weighted by Crippen LogP contribution is 2.35. The van der Waals surface area contributed by atoms with Gasteiger partial charge in [0.15, 0.2) is 0 Å². The molecule has 0 atom stereocenters. The van der Waals surface area contributed by atoms with E-state index in [0.29, 0.717) is 33.2 Å². The zero-order chi connectivity index (χ0) is 24.1. The van der Waals surface area contributed by atoms with Crippen LogP contribution in [0.25, 0.3) is 6.08 Å². The molecule has 33 heavy (non-hydrogen) atoms. The number of aliphatic hydroxyl groups excluding tert-OH is 1. The first-order valence-electron chi connectivity index (χ1n) is 9.22. The molecule has 0 aromatic heterocycles. The highest BCUT2D eigenvalue weighted by atomic mass is 32.2. The molecule has 0 bridgehead atoms. The van der Waals surface area contributed by atoms with E-state index in [1.807, 2.05) is 0 Å². The Morgan fingerprint density at radius 3 is 2.67 bits per heavy atom. The quantitative estimate of drug-likeness (QED) is 0.246. The first kappa shape index (κ1) is 24.4. The van der Waals surface area contributed by atoms with Gasteiger partial charge in [0.25, 0.3) is 16.8 Å². The maximum absolute atomic E-state index is 13.7. The van der Waals surface area contributed by atoms with Crippen molar-refractivity contribution in [3.05, 3.63) is 68.6 Å². The molecule has 0 unspecified atom stereocenters. The number of thioether (sulfide) groups is 2. The van der Waals surface area contributed by atoms with Gasteiger partial charge in [-0.2, -0.15) is 0 Å². The molecule has 0 radical (unpaired) electrons. The van der Waals surface area contributed by atoms with Crippen LogP contribution in [-0.2, 0) is 9.59 Å². The molecule has 0 saturated carbocycles. The molecule has 2 N–H and O–H groups in total. The predicted molar refractivity (Wildman–Crippen MR) is 119 cm³/mol. The number of hydrogen-bond donors (Lipinski definition) is 2. The summed E-state index contributed by atoms with van der Waals surface area (Å²) in [5, 5.41) is 21.7. The summed E-state index contributed by atoms with van der Waals surface area (Å²) in [6, 6.07) is 6.74. The van der Waals surface area contributed by atoms with E-state index in [0.717, 1.165) is 23.9 Å². The van der Waals surface area contributed by atoms with Crippen LogP contribution in [0.1, 0.15) is 5.56 Å². The van der Waals surface area contributed by atoms with Gasteiger partial charge in [0, 0.05) is 17.9 Å². The molecule has 13 heteroatoms. The number of imide groups is 1. The molecule has 1 fully saturated rings. The second kappa shape index (κ2) is 10.6. The lowest BCUT2D eigenvalue weighted by Crippen LogP contribution is -2.36. The van der Waals surface area contributed by atoms with E-state index >= 15 is 0 Å². The Morgan fingerprint density at radius 2 is 2.00 bits per heavy atom. The van der Waals surface area contributed by atoms with E-state index in [4.69, 9.17) is 5.11 Å². The molecule has 0 aliphatic carbocycles. The molecule has 3 rings (SSSR count). The van der Waals surface area contributed by atoms with Gasteiger partial charge in [-0.3, -0.25) is 29.4 Å². The Kier molecular flexibility index (Phi) is 7.79. The number of carbonyl (C=O) groups excluding carboxylic acids is 3. The van der Waals surface area contributed by atoms with Crippen molar-refractivity contribution in [2.75, 3.05) is 24.2 Å². The number of hydrogen-bond acceptors (Lipinski definition) is 8. The summed E-state index contributed by atoms with van der Waals surface area (Å²) in [5.74, 6) is -3.24. The Hall–Kier alpha value is -3.29. The summed E-state index contributed by atoms with van der Waals surface area (Å²) < 4.78 is 26.7. The Morgan fingerprint density at radius 1 is 1.24 bits per heavy atom. The third-order valence-corrected chi connectivity index (χ3v) is 6.16. The Bertz CT molecular complexity index is 1170. The molecular formula is C20H15F2N3O6S2. The number of carbonyl (C=O) groups is 3. The van der Waals surface area contributed by atoms with Crippen LogP contribution >= 0.6 is 23.5 Å². The van der Waals surface area contributed by atoms with E-state index < -0.39 is 40.2 Å². The zero-order valence-corrected chi connectivity index (χ0v) is 18.3. The summed E-state index contributed by atoms with van der Waals surface area (Å²) >= 11 is 1.65. The van der Waals surface area contributed by atoms with Crippen molar-refractivity contribution in [1.29, 1.82) is 0 Å². The van der Waals surface area contributed by atoms with E-state index in [9.17, 15) is 33.3 Å². The molecule has 1 heterocycles. The van der Waals surface area contributed by atoms with Crippen LogP contribution in [0.2, 0.25) is 0 Å². The van der Waals surface area contributed by atoms with Crippen molar-refractivity contribution >= 4 is 58.0 Å². The fourth-order valence-electron chi connectivity index (χ4n) is 2.76. The van der Waals surface area contributed by atoms with Crippen LogP contribution in [0.4, 0.5) is 25.0 Å². The minimum absolute atomic E-state index is 0.0502. The number of nitro groups is 1. The molecule has 172 valence electrons. The number of benzene rings is 2. The topological polar surface area (TPSA) is 130 Å². The number of rotatable bonds is 8. The first-order chi connectivity index (χ1) is 15.7. The van der Waals surface area contributed by atoms with Gasteiger partial charge in [-0.25, -0.2) is 8.78 Å². The van der Waals surface area contributed by atoms with Crippen molar-refractivity contribution in [1.82, 2.24) is 4.90 Å². The second-order valence-electron chi connectivity index (χ2n) is 6.50. The number of halogens is 2. The molecule has 2 aromatic rings. The molecule has 9 nitrogen and oxygen atoms in total. The minimum Gasteiger partial charge on any atom is -0.396 e. The van der Waals surface area contributed by atoms with E-state index in [2.05, 4.69) is 5.32 Å². The van der Waals surface area contributed by atoms with Crippen LogP contribution in [0.15, 0.2) is 46.2 Å². The summed E-state index contributed by atoms with van der Waals surface area (Å²) in [6.45, 7) is -0.853. The van der Waals surface area contributed by atoms with Gasteiger partial charge in [0.2, 0.25) is 5.91 Å². The van der Waals surface area contributed by atoms with E-state index in [1.54, 1.807) is 0 Å². The predicted octanol–water partition coefficient (Wildman–Crippen LogP) is 3.63. The van der Waals surface area contributed by atoms with Gasteiger partial charge in [-0.05, 0) is 41.6 Å². The van der Waals surface area contributed by atoms with Crippen LogP contribution in [0.3, 0.4) is 0 Å². The van der Waals surface area contributed by atoms with Gasteiger partial charge in [-0.15, -0.1) is 11.8 Å². The van der Waals surface area contributed by atoms with Crippen molar-refractivity contribution in [2.45, 2.75) is 4.90 Å². The standard InChI is InChI=1S/C20H15F2N3O6S2/c21-12-2-3-14(13(22)9-12)23-18(27)10-24-19(28)17(33-20(24)29)8-11-1-4-16(32-6-5-26)15(7-11)25(30)31/h1-4,7-9,26H,5-6,10H2,(H,23,27)/b17-8-. The smallest absolute Gasteiger partial charge is 0.294 e. The highest BCUT2D eigenvalue weighted by molar-refractivity contribution is 8.18. The van der Waals surface area contributed by atoms with Gasteiger partial charge >= 0.3 is 0 Å². The molecule has 1 saturated heterocycles. The van der Waals surface area contributed by atoms with E-state index in [1.165, 1.54) is 24.3 Å². The van der Waals surface area contributed by atoms with Crippen LogP contribution in [0.5, 0.6) is 0 Å². The molecule has 1 aliphatic heterocycles. The fraction of sp³-hybridized carbons (Fsp3) is 0.150. The average Bonchev–Trinajstić information content (AvgIpc) is 3.02. The molecule has 0 spiro atoms. The summed E-state index contributed by atoms with van der Waals surface area (Å²) in [6.07, 6.45) is 1.29. The fourth-order valence-corrected chi connectivity index (χ4v) is 4.35. The average molecular weight is 495 g/mol. The van der Waals surface area contributed by atoms with Gasteiger partial charge in [0.05, 0.1) is 27.0 Å². The van der Waals surface area contributed by atoms with Crippen molar-refractivity contribution < 1.29 is 33.2 Å². The lowest BCUT2D eigenvalue weighted by molar-refractivity contribution is -0.387. The van der Waals surface area contributed by atoms with Crippen molar-refractivity contribution in [3.8, 4) is 0 Å². The second-order valence-corrected chi connectivity index (χ2v) is 8.63. The Balaban J connectivity index is 1.74. The number of nitrogens with one attached hydrogen (secondary N) is 1. The first-order valence-corrected chi connectivity index (χ1v) is 11.0. The number of amides is 3. The molecular weight excluding hydrogens is 480 g/mol. The monoisotopic (exact) mass is 495 g/mol. The summed E-state index contributed by atoms with van der Waals surface area (Å²) in [5.41, 5.74) is -0.240. The third kappa shape index (κ3) is 5.94. The SMILES string of the molecule is O=C(CN1C(=O)S/C(=C\c2ccc(SCCO)c([N+](=O)[O-])c2)C1=O)Nc1ccc(F)cc1F. The normalized spacial score (nSPS) is 14.8. The number of nitro benzene ring substituents is 1. The van der Waals surface area contributed by atoms with Crippen LogP contribution < -0.4 is 5.32 Å². The van der Waals surface area contributed by atoms with Crippen molar-refractivity contribution in [3.63, 3.8) is 0 Å². The number of nitrogens with zero attached hydrogens (tertiary/aromatic N) is 2.